The largest absolute Gasteiger partial charge is 0.215 e. The molecule has 0 aliphatic heterocycles. The predicted molar refractivity (Wildman–Crippen MR) is 81.2 cm³/mol. The van der Waals surface area contributed by atoms with Crippen molar-refractivity contribution in [3.05, 3.63) is 35.9 Å². The maximum atomic E-state index is 11.7. The summed E-state index contributed by atoms with van der Waals surface area (Å²) in [7, 11) is -3.14. The third-order valence-corrected chi connectivity index (χ3v) is 4.80. The van der Waals surface area contributed by atoms with Crippen LogP contribution in [0.3, 0.4) is 0 Å². The molecule has 1 rings (SSSR count). The van der Waals surface area contributed by atoms with Crippen LogP contribution in [0.2, 0.25) is 0 Å². The molecule has 0 saturated heterocycles. The van der Waals surface area contributed by atoms with Crippen LogP contribution in [-0.2, 0) is 10.0 Å². The molecule has 0 aliphatic rings. The Hall–Kier alpha value is -0.580. The third kappa shape index (κ3) is 6.95. The molecule has 19 heavy (non-hydrogen) atoms. The molecule has 1 aromatic rings. The highest BCUT2D eigenvalue weighted by Gasteiger charge is 2.10. The number of sulfonamides is 1. The van der Waals surface area contributed by atoms with Gasteiger partial charge in [0.2, 0.25) is 10.0 Å². The minimum atomic E-state index is -3.14. The van der Waals surface area contributed by atoms with E-state index < -0.39 is 10.0 Å². The van der Waals surface area contributed by atoms with Crippen LogP contribution in [0.15, 0.2) is 30.3 Å². The fraction of sp³-hybridized carbons (Fsp3) is 0.571. The molecule has 108 valence electrons. The number of unbranched alkanes of at least 4 members (excludes halogenated alkanes) is 1. The molecule has 0 fully saturated rings. The van der Waals surface area contributed by atoms with E-state index in [9.17, 15) is 8.42 Å². The van der Waals surface area contributed by atoms with Crippen molar-refractivity contribution >= 4 is 21.6 Å². The van der Waals surface area contributed by atoms with Crippen LogP contribution < -0.4 is 4.72 Å². The summed E-state index contributed by atoms with van der Waals surface area (Å²) in [5.41, 5.74) is 1.24. The zero-order chi connectivity index (χ0) is 14.1. The molecule has 0 amide bonds. The Morgan fingerprint density at radius 1 is 1.21 bits per heavy atom. The lowest BCUT2D eigenvalue weighted by atomic mass is 9.98. The van der Waals surface area contributed by atoms with Gasteiger partial charge in [0.25, 0.3) is 0 Å². The number of halogens is 1. The van der Waals surface area contributed by atoms with Crippen LogP contribution in [-0.4, -0.2) is 26.6 Å². The lowest BCUT2D eigenvalue weighted by Crippen LogP contribution is -2.28. The number of hydrogen-bond acceptors (Lipinski definition) is 2. The highest BCUT2D eigenvalue weighted by molar-refractivity contribution is 7.89. The van der Waals surface area contributed by atoms with Crippen molar-refractivity contribution in [1.82, 2.24) is 4.72 Å². The maximum Gasteiger partial charge on any atom is 0.211 e. The Kier molecular flexibility index (Phi) is 7.42. The van der Waals surface area contributed by atoms with E-state index in [1.165, 1.54) is 5.56 Å². The van der Waals surface area contributed by atoms with Gasteiger partial charge in [0.05, 0.1) is 5.75 Å². The number of rotatable bonds is 9. The zero-order valence-electron chi connectivity index (χ0n) is 11.3. The van der Waals surface area contributed by atoms with Gasteiger partial charge in [-0.15, -0.1) is 11.6 Å². The number of nitrogens with one attached hydrogen (secondary N) is 1. The second kappa shape index (κ2) is 8.56. The van der Waals surface area contributed by atoms with Crippen molar-refractivity contribution in [3.63, 3.8) is 0 Å². The van der Waals surface area contributed by atoms with Crippen molar-refractivity contribution in [2.45, 2.75) is 32.1 Å². The molecule has 3 nitrogen and oxygen atoms in total. The SMILES string of the molecule is CC(CCNS(=O)(=O)CCCCCl)c1ccccc1. The van der Waals surface area contributed by atoms with Gasteiger partial charge in [-0.25, -0.2) is 13.1 Å². The first-order chi connectivity index (χ1) is 9.05. The summed E-state index contributed by atoms with van der Waals surface area (Å²) in [4.78, 5) is 0. The molecule has 0 radical (unpaired) electrons. The van der Waals surface area contributed by atoms with Gasteiger partial charge in [-0.3, -0.25) is 0 Å². The van der Waals surface area contributed by atoms with Crippen molar-refractivity contribution in [2.75, 3.05) is 18.2 Å². The lowest BCUT2D eigenvalue weighted by Gasteiger charge is -2.12. The summed E-state index contributed by atoms with van der Waals surface area (Å²) in [5, 5.41) is 0. The Labute approximate surface area is 121 Å². The molecule has 0 spiro atoms. The van der Waals surface area contributed by atoms with E-state index in [0.717, 1.165) is 12.8 Å². The molecule has 1 N–H and O–H groups in total. The van der Waals surface area contributed by atoms with E-state index in [0.29, 0.717) is 24.8 Å². The number of alkyl halides is 1. The molecule has 0 saturated carbocycles. The zero-order valence-corrected chi connectivity index (χ0v) is 12.9. The summed E-state index contributed by atoms with van der Waals surface area (Å²) >= 11 is 5.53. The van der Waals surface area contributed by atoms with E-state index in [2.05, 4.69) is 23.8 Å². The Morgan fingerprint density at radius 3 is 2.53 bits per heavy atom. The highest BCUT2D eigenvalue weighted by atomic mass is 35.5. The molecular weight excluding hydrogens is 282 g/mol. The third-order valence-electron chi connectivity index (χ3n) is 3.06. The van der Waals surface area contributed by atoms with Gasteiger partial charge in [-0.05, 0) is 30.7 Å². The number of benzene rings is 1. The van der Waals surface area contributed by atoms with Gasteiger partial charge in [-0.1, -0.05) is 37.3 Å². The summed E-state index contributed by atoms with van der Waals surface area (Å²) in [6.07, 6.45) is 2.16. The van der Waals surface area contributed by atoms with Gasteiger partial charge in [0.1, 0.15) is 0 Å². The van der Waals surface area contributed by atoms with Gasteiger partial charge in [0, 0.05) is 12.4 Å². The van der Waals surface area contributed by atoms with Crippen molar-refractivity contribution < 1.29 is 8.42 Å². The predicted octanol–water partition coefficient (Wildman–Crippen LogP) is 3.12. The summed E-state index contributed by atoms with van der Waals surface area (Å²) in [6, 6.07) is 10.1. The van der Waals surface area contributed by atoms with Crippen molar-refractivity contribution in [2.24, 2.45) is 0 Å². The van der Waals surface area contributed by atoms with E-state index in [4.69, 9.17) is 11.6 Å². The lowest BCUT2D eigenvalue weighted by molar-refractivity contribution is 0.569. The molecule has 0 bridgehead atoms. The van der Waals surface area contributed by atoms with Gasteiger partial charge in [0.15, 0.2) is 0 Å². The normalized spacial score (nSPS) is 13.4. The summed E-state index contributed by atoms with van der Waals surface area (Å²) < 4.78 is 26.0. The molecule has 1 aromatic carbocycles. The van der Waals surface area contributed by atoms with E-state index in [1.807, 2.05) is 18.2 Å². The average Bonchev–Trinajstić information content (AvgIpc) is 2.39. The smallest absolute Gasteiger partial charge is 0.211 e. The van der Waals surface area contributed by atoms with Crippen molar-refractivity contribution in [3.8, 4) is 0 Å². The maximum absolute atomic E-state index is 11.7. The first-order valence-electron chi connectivity index (χ1n) is 6.63. The minimum absolute atomic E-state index is 0.166. The Balaban J connectivity index is 2.30. The molecule has 0 aliphatic carbocycles. The van der Waals surface area contributed by atoms with Crippen LogP contribution in [0, 0.1) is 0 Å². The summed E-state index contributed by atoms with van der Waals surface area (Å²) in [6.45, 7) is 2.59. The monoisotopic (exact) mass is 303 g/mol. The Morgan fingerprint density at radius 2 is 1.89 bits per heavy atom. The standard InChI is InChI=1S/C14H22ClNO2S/c1-13(14-7-3-2-4-8-14)9-11-16-19(17,18)12-6-5-10-15/h2-4,7-8,13,16H,5-6,9-12H2,1H3. The fourth-order valence-electron chi connectivity index (χ4n) is 1.84. The van der Waals surface area contributed by atoms with E-state index in [1.54, 1.807) is 0 Å². The molecule has 1 unspecified atom stereocenters. The summed E-state index contributed by atoms with van der Waals surface area (Å²) in [5.74, 6) is 1.03. The molecular formula is C14H22ClNO2S. The van der Waals surface area contributed by atoms with Gasteiger partial charge < -0.3 is 0 Å². The fourth-order valence-corrected chi connectivity index (χ4v) is 3.18. The minimum Gasteiger partial charge on any atom is -0.215 e. The van der Waals surface area contributed by atoms with Crippen LogP contribution >= 0.6 is 11.6 Å². The van der Waals surface area contributed by atoms with E-state index >= 15 is 0 Å². The first-order valence-corrected chi connectivity index (χ1v) is 8.82. The van der Waals surface area contributed by atoms with Crippen LogP contribution in [0.25, 0.3) is 0 Å². The second-order valence-electron chi connectivity index (χ2n) is 4.71. The molecule has 0 aromatic heterocycles. The molecule has 1 atom stereocenters. The first kappa shape index (κ1) is 16.5. The van der Waals surface area contributed by atoms with Crippen LogP contribution in [0.4, 0.5) is 0 Å². The number of hydrogen-bond donors (Lipinski definition) is 1. The second-order valence-corrected chi connectivity index (χ2v) is 7.01. The van der Waals surface area contributed by atoms with Gasteiger partial charge >= 0.3 is 0 Å². The van der Waals surface area contributed by atoms with Crippen LogP contribution in [0.5, 0.6) is 0 Å². The van der Waals surface area contributed by atoms with Crippen LogP contribution in [0.1, 0.15) is 37.7 Å². The Bertz CT molecular complexity index is 448. The molecule has 0 heterocycles. The molecule has 5 heteroatoms. The van der Waals surface area contributed by atoms with Crippen molar-refractivity contribution in [1.29, 1.82) is 0 Å². The van der Waals surface area contributed by atoms with Gasteiger partial charge in [-0.2, -0.15) is 0 Å². The quantitative estimate of drug-likeness (QED) is 0.563. The topological polar surface area (TPSA) is 46.2 Å². The van der Waals surface area contributed by atoms with E-state index in [-0.39, 0.29) is 5.75 Å². The average molecular weight is 304 g/mol. The highest BCUT2D eigenvalue weighted by Crippen LogP contribution is 2.17.